The van der Waals surface area contributed by atoms with Crippen LogP contribution in [0.3, 0.4) is 0 Å². The Morgan fingerprint density at radius 1 is 1.60 bits per heavy atom. The molecule has 1 aromatic heterocycles. The average molecular weight is 210 g/mol. The first-order valence-corrected chi connectivity index (χ1v) is 4.28. The van der Waals surface area contributed by atoms with Gasteiger partial charge in [0.1, 0.15) is 5.82 Å². The number of hydrogen-bond acceptors (Lipinski definition) is 5. The number of hydrogen-bond donors (Lipinski definition) is 4. The monoisotopic (exact) mass is 210 g/mol. The maximum Gasteiger partial charge on any atom is 0.488 e. The lowest BCUT2D eigenvalue weighted by molar-refractivity contribution is -0.114. The van der Waals surface area contributed by atoms with Gasteiger partial charge in [-0.1, -0.05) is 0 Å². The quantitative estimate of drug-likeness (QED) is 0.441. The molecule has 0 atom stereocenters. The Hall–Kier alpha value is -1.44. The van der Waals surface area contributed by atoms with E-state index in [1.54, 1.807) is 0 Å². The number of pyridine rings is 1. The summed E-state index contributed by atoms with van der Waals surface area (Å²) in [6, 6.07) is 1.30. The summed E-state index contributed by atoms with van der Waals surface area (Å²) >= 11 is 0. The van der Waals surface area contributed by atoms with Gasteiger partial charge in [0, 0.05) is 13.1 Å². The molecule has 0 saturated carbocycles. The molecule has 0 aromatic carbocycles. The molecule has 1 amide bonds. The number of aromatic nitrogens is 1. The van der Waals surface area contributed by atoms with Crippen LogP contribution in [0.5, 0.6) is 0 Å². The molecule has 1 rings (SSSR count). The summed E-state index contributed by atoms with van der Waals surface area (Å²) in [7, 11) is -1.71. The summed E-state index contributed by atoms with van der Waals surface area (Å²) in [5, 5.41) is 29.3. The van der Waals surface area contributed by atoms with E-state index in [9.17, 15) is 4.79 Å². The van der Waals surface area contributed by atoms with Gasteiger partial charge in [0.15, 0.2) is 0 Å². The number of nitrogens with one attached hydrogen (secondary N) is 1. The number of anilines is 1. The first kappa shape index (κ1) is 11.6. The van der Waals surface area contributed by atoms with Crippen LogP contribution in [0.4, 0.5) is 5.82 Å². The van der Waals surface area contributed by atoms with Crippen molar-refractivity contribution in [3.05, 3.63) is 17.8 Å². The molecule has 15 heavy (non-hydrogen) atoms. The fraction of sp³-hybridized carbons (Fsp3) is 0.250. The molecule has 0 bridgehead atoms. The van der Waals surface area contributed by atoms with E-state index < -0.39 is 7.12 Å². The second-order valence-electron chi connectivity index (χ2n) is 2.98. The van der Waals surface area contributed by atoms with E-state index in [-0.39, 0.29) is 23.8 Å². The summed E-state index contributed by atoms with van der Waals surface area (Å²) < 4.78 is 0. The Morgan fingerprint density at radius 3 is 2.73 bits per heavy atom. The summed E-state index contributed by atoms with van der Waals surface area (Å²) in [5.41, 5.74) is 0.426. The van der Waals surface area contributed by atoms with E-state index >= 15 is 0 Å². The summed E-state index contributed by atoms with van der Waals surface area (Å²) in [6.07, 6.45) is 1.28. The van der Waals surface area contributed by atoms with Crippen molar-refractivity contribution in [2.45, 2.75) is 13.5 Å². The molecule has 0 aliphatic heterocycles. The number of amides is 1. The van der Waals surface area contributed by atoms with Crippen molar-refractivity contribution in [1.29, 1.82) is 0 Å². The molecule has 0 fully saturated rings. The fourth-order valence-electron chi connectivity index (χ4n) is 1.12. The van der Waals surface area contributed by atoms with E-state index in [4.69, 9.17) is 15.2 Å². The van der Waals surface area contributed by atoms with Gasteiger partial charge in [0.25, 0.3) is 0 Å². The molecule has 1 heterocycles. The summed E-state index contributed by atoms with van der Waals surface area (Å²) in [6.45, 7) is 0.969. The highest BCUT2D eigenvalue weighted by atomic mass is 16.4. The second kappa shape index (κ2) is 4.88. The molecule has 1 aromatic rings. The minimum Gasteiger partial charge on any atom is -0.423 e. The maximum atomic E-state index is 10.7. The van der Waals surface area contributed by atoms with Gasteiger partial charge in [-0.15, -0.1) is 0 Å². The second-order valence-corrected chi connectivity index (χ2v) is 2.98. The fourth-order valence-corrected chi connectivity index (χ4v) is 1.12. The standard InChI is InChI=1S/C8H11BN2O4/c1-5(13)11-8-2-7(9(14)15)6(4-12)3-10-8/h2-3,12,14-15H,4H2,1H3,(H,10,11,13). The molecule has 4 N–H and O–H groups in total. The lowest BCUT2D eigenvalue weighted by atomic mass is 9.78. The van der Waals surface area contributed by atoms with Crippen LogP contribution in [-0.4, -0.2) is 33.2 Å². The lowest BCUT2D eigenvalue weighted by Crippen LogP contribution is -2.34. The van der Waals surface area contributed by atoms with Crippen LogP contribution >= 0.6 is 0 Å². The van der Waals surface area contributed by atoms with E-state index in [0.717, 1.165) is 0 Å². The zero-order chi connectivity index (χ0) is 11.4. The van der Waals surface area contributed by atoms with Crippen LogP contribution in [0.2, 0.25) is 0 Å². The molecule has 0 spiro atoms. The van der Waals surface area contributed by atoms with Crippen molar-refractivity contribution in [3.8, 4) is 0 Å². The van der Waals surface area contributed by atoms with Gasteiger partial charge in [-0.2, -0.15) is 0 Å². The predicted octanol–water partition coefficient (Wildman–Crippen LogP) is -1.79. The topological polar surface area (TPSA) is 103 Å². The SMILES string of the molecule is CC(=O)Nc1cc(B(O)O)c(CO)cn1. The van der Waals surface area contributed by atoms with Gasteiger partial charge in [-0.25, -0.2) is 4.98 Å². The number of carbonyl (C=O) groups is 1. The number of rotatable bonds is 3. The molecule has 7 heteroatoms. The molecule has 0 aliphatic rings. The highest BCUT2D eigenvalue weighted by molar-refractivity contribution is 6.59. The van der Waals surface area contributed by atoms with E-state index in [1.165, 1.54) is 19.2 Å². The predicted molar refractivity (Wildman–Crippen MR) is 54.3 cm³/mol. The Bertz CT molecular complexity index is 370. The Kier molecular flexibility index (Phi) is 3.78. The third kappa shape index (κ3) is 3.02. The summed E-state index contributed by atoms with van der Waals surface area (Å²) in [4.78, 5) is 14.5. The van der Waals surface area contributed by atoms with Crippen LogP contribution in [0.15, 0.2) is 12.3 Å². The minimum absolute atomic E-state index is 0.122. The molecule has 0 saturated heterocycles. The van der Waals surface area contributed by atoms with Gasteiger partial charge in [-0.3, -0.25) is 4.79 Å². The van der Waals surface area contributed by atoms with Gasteiger partial charge >= 0.3 is 7.12 Å². The zero-order valence-electron chi connectivity index (χ0n) is 8.14. The lowest BCUT2D eigenvalue weighted by Gasteiger charge is -2.08. The zero-order valence-corrected chi connectivity index (χ0v) is 8.14. The van der Waals surface area contributed by atoms with Gasteiger partial charge in [0.05, 0.1) is 6.61 Å². The Balaban J connectivity index is 3.04. The third-order valence-electron chi connectivity index (χ3n) is 1.78. The molecule has 80 valence electrons. The largest absolute Gasteiger partial charge is 0.488 e. The normalized spacial score (nSPS) is 9.87. The van der Waals surface area contributed by atoms with Gasteiger partial charge in [0.2, 0.25) is 5.91 Å². The maximum absolute atomic E-state index is 10.7. The average Bonchev–Trinajstić information content (AvgIpc) is 2.16. The molecule has 0 radical (unpaired) electrons. The first-order valence-electron chi connectivity index (χ1n) is 4.28. The van der Waals surface area contributed by atoms with Crippen LogP contribution < -0.4 is 10.8 Å². The first-order chi connectivity index (χ1) is 7.04. The molecule has 0 unspecified atom stereocenters. The van der Waals surface area contributed by atoms with Crippen LogP contribution in [0.25, 0.3) is 0 Å². The van der Waals surface area contributed by atoms with Crippen molar-refractivity contribution >= 4 is 24.3 Å². The van der Waals surface area contributed by atoms with E-state index in [2.05, 4.69) is 10.3 Å². The molecular weight excluding hydrogens is 199 g/mol. The van der Waals surface area contributed by atoms with Crippen molar-refractivity contribution in [1.82, 2.24) is 4.98 Å². The van der Waals surface area contributed by atoms with Crippen LogP contribution in [0, 0.1) is 0 Å². The smallest absolute Gasteiger partial charge is 0.423 e. The minimum atomic E-state index is -1.71. The Morgan fingerprint density at radius 2 is 2.27 bits per heavy atom. The van der Waals surface area contributed by atoms with Crippen molar-refractivity contribution in [2.24, 2.45) is 0 Å². The third-order valence-corrected chi connectivity index (χ3v) is 1.78. The van der Waals surface area contributed by atoms with Crippen LogP contribution in [-0.2, 0) is 11.4 Å². The van der Waals surface area contributed by atoms with E-state index in [1.807, 2.05) is 0 Å². The Labute approximate surface area is 86.7 Å². The van der Waals surface area contributed by atoms with Gasteiger partial charge in [-0.05, 0) is 17.1 Å². The van der Waals surface area contributed by atoms with E-state index in [0.29, 0.717) is 5.56 Å². The van der Waals surface area contributed by atoms with Crippen molar-refractivity contribution in [3.63, 3.8) is 0 Å². The molecule has 0 aliphatic carbocycles. The molecule has 6 nitrogen and oxygen atoms in total. The molecular formula is C8H11BN2O4. The number of nitrogens with zero attached hydrogens (tertiary/aromatic N) is 1. The van der Waals surface area contributed by atoms with Crippen LogP contribution in [0.1, 0.15) is 12.5 Å². The highest BCUT2D eigenvalue weighted by Gasteiger charge is 2.17. The summed E-state index contributed by atoms with van der Waals surface area (Å²) in [5.74, 6) is -0.0968. The van der Waals surface area contributed by atoms with Gasteiger partial charge < -0.3 is 20.5 Å². The van der Waals surface area contributed by atoms with Crippen molar-refractivity contribution < 1.29 is 19.9 Å². The van der Waals surface area contributed by atoms with Crippen molar-refractivity contribution in [2.75, 3.05) is 5.32 Å². The number of aliphatic hydroxyl groups is 1. The number of aliphatic hydroxyl groups excluding tert-OH is 1. The highest BCUT2D eigenvalue weighted by Crippen LogP contribution is 2.03. The number of carbonyl (C=O) groups excluding carboxylic acids is 1.